The van der Waals surface area contributed by atoms with Gasteiger partial charge in [-0.05, 0) is 23.4 Å². The summed E-state index contributed by atoms with van der Waals surface area (Å²) in [7, 11) is 0. The number of likely N-dealkylation sites (tertiary alicyclic amines) is 1. The zero-order chi connectivity index (χ0) is 13.9. The van der Waals surface area contributed by atoms with Gasteiger partial charge in [0.25, 0.3) is 0 Å². The average molecular weight is 286 g/mol. The minimum Gasteiger partial charge on any atom is -0.340 e. The highest BCUT2D eigenvalue weighted by atomic mass is 32.1. The summed E-state index contributed by atoms with van der Waals surface area (Å²) in [5.41, 5.74) is 7.38. The number of nitrogens with two attached hydrogens (primary N) is 1. The molecule has 1 amide bonds. The van der Waals surface area contributed by atoms with Crippen LogP contribution in [0.2, 0.25) is 0 Å². The van der Waals surface area contributed by atoms with E-state index >= 15 is 0 Å². The third kappa shape index (κ3) is 2.62. The fourth-order valence-electron chi connectivity index (χ4n) is 2.74. The summed E-state index contributed by atoms with van der Waals surface area (Å²) in [6.45, 7) is 1.58. The van der Waals surface area contributed by atoms with E-state index in [1.54, 1.807) is 11.3 Å². The number of hydrogen-bond acceptors (Lipinski definition) is 3. The van der Waals surface area contributed by atoms with Gasteiger partial charge in [-0.3, -0.25) is 4.79 Å². The second-order valence-electron chi connectivity index (χ2n) is 5.17. The summed E-state index contributed by atoms with van der Waals surface area (Å²) in [5, 5.41) is 1.96. The first-order chi connectivity index (χ1) is 9.75. The largest absolute Gasteiger partial charge is 0.340 e. The van der Waals surface area contributed by atoms with Crippen LogP contribution in [0.3, 0.4) is 0 Å². The number of nitrogens with zero attached hydrogens (tertiary/aromatic N) is 1. The van der Waals surface area contributed by atoms with Gasteiger partial charge in [0.15, 0.2) is 0 Å². The van der Waals surface area contributed by atoms with Crippen molar-refractivity contribution < 1.29 is 4.79 Å². The van der Waals surface area contributed by atoms with E-state index in [0.717, 1.165) is 24.4 Å². The summed E-state index contributed by atoms with van der Waals surface area (Å²) in [6, 6.07) is 13.8. The van der Waals surface area contributed by atoms with Gasteiger partial charge in [0, 0.05) is 23.9 Å². The molecule has 0 aliphatic carbocycles. The first-order valence-electron chi connectivity index (χ1n) is 6.88. The van der Waals surface area contributed by atoms with Crippen molar-refractivity contribution >= 4 is 17.2 Å². The van der Waals surface area contributed by atoms with Crippen LogP contribution in [0.25, 0.3) is 0 Å². The highest BCUT2D eigenvalue weighted by Gasteiger charge is 2.30. The highest BCUT2D eigenvalue weighted by Crippen LogP contribution is 2.29. The van der Waals surface area contributed by atoms with Gasteiger partial charge >= 0.3 is 0 Å². The molecule has 2 N–H and O–H groups in total. The molecule has 1 aliphatic heterocycles. The van der Waals surface area contributed by atoms with Crippen LogP contribution in [0.1, 0.15) is 28.8 Å². The highest BCUT2D eigenvalue weighted by molar-refractivity contribution is 7.10. The quantitative estimate of drug-likeness (QED) is 0.943. The normalized spacial score (nSPS) is 20.1. The van der Waals surface area contributed by atoms with E-state index in [1.165, 1.54) is 5.56 Å². The van der Waals surface area contributed by atoms with Gasteiger partial charge in [-0.1, -0.05) is 36.4 Å². The molecule has 4 heteroatoms. The third-order valence-corrected chi connectivity index (χ3v) is 4.84. The molecule has 2 aromatic rings. The topological polar surface area (TPSA) is 46.3 Å². The number of thiophene rings is 1. The second kappa shape index (κ2) is 5.77. The molecule has 2 heterocycles. The van der Waals surface area contributed by atoms with Crippen LogP contribution in [0, 0.1) is 0 Å². The van der Waals surface area contributed by atoms with Crippen molar-refractivity contribution in [2.24, 2.45) is 5.73 Å². The van der Waals surface area contributed by atoms with E-state index in [9.17, 15) is 4.79 Å². The monoisotopic (exact) mass is 286 g/mol. The molecule has 0 bridgehead atoms. The third-order valence-electron chi connectivity index (χ3n) is 3.89. The van der Waals surface area contributed by atoms with Gasteiger partial charge in [-0.2, -0.15) is 0 Å². The lowest BCUT2D eigenvalue weighted by atomic mass is 9.99. The molecule has 3 rings (SSSR count). The molecule has 0 radical (unpaired) electrons. The van der Waals surface area contributed by atoms with Gasteiger partial charge in [0.2, 0.25) is 5.91 Å². The summed E-state index contributed by atoms with van der Waals surface area (Å²) < 4.78 is 0. The van der Waals surface area contributed by atoms with Crippen LogP contribution in [0.15, 0.2) is 47.8 Å². The molecular formula is C16H18N2OS. The van der Waals surface area contributed by atoms with Crippen LogP contribution in [0.5, 0.6) is 0 Å². The lowest BCUT2D eigenvalue weighted by molar-refractivity contribution is -0.131. The molecule has 1 saturated heterocycles. The first-order valence-corrected chi connectivity index (χ1v) is 7.76. The van der Waals surface area contributed by atoms with Crippen molar-refractivity contribution in [3.8, 4) is 0 Å². The number of hydrogen-bond donors (Lipinski definition) is 1. The first kappa shape index (κ1) is 13.3. The Hall–Kier alpha value is -1.65. The molecule has 0 saturated carbocycles. The van der Waals surface area contributed by atoms with Crippen LogP contribution in [-0.4, -0.2) is 23.9 Å². The van der Waals surface area contributed by atoms with E-state index in [2.05, 4.69) is 24.3 Å². The standard InChI is InChI=1S/C16H18N2OS/c17-15(14-7-4-10-20-14)16(19)18-9-8-13(11-18)12-5-2-1-3-6-12/h1-7,10,13,15H,8-9,11,17H2. The molecule has 1 fully saturated rings. The summed E-state index contributed by atoms with van der Waals surface area (Å²) >= 11 is 1.54. The van der Waals surface area contributed by atoms with Gasteiger partial charge in [0.1, 0.15) is 6.04 Å². The van der Waals surface area contributed by atoms with Gasteiger partial charge in [0.05, 0.1) is 0 Å². The van der Waals surface area contributed by atoms with Crippen LogP contribution >= 0.6 is 11.3 Å². The van der Waals surface area contributed by atoms with Crippen molar-refractivity contribution in [1.82, 2.24) is 4.90 Å². The second-order valence-corrected chi connectivity index (χ2v) is 6.15. The molecule has 20 heavy (non-hydrogen) atoms. The maximum absolute atomic E-state index is 12.4. The molecule has 1 aromatic heterocycles. The Morgan fingerprint density at radius 3 is 2.75 bits per heavy atom. The summed E-state index contributed by atoms with van der Waals surface area (Å²) in [5.74, 6) is 0.488. The van der Waals surface area contributed by atoms with Crippen molar-refractivity contribution in [2.75, 3.05) is 13.1 Å². The zero-order valence-corrected chi connectivity index (χ0v) is 12.1. The molecule has 104 valence electrons. The van der Waals surface area contributed by atoms with E-state index in [0.29, 0.717) is 5.92 Å². The van der Waals surface area contributed by atoms with Gasteiger partial charge < -0.3 is 10.6 Å². The Bertz CT molecular complexity index is 567. The SMILES string of the molecule is NC(C(=O)N1CCC(c2ccccc2)C1)c1cccs1. The Kier molecular flexibility index (Phi) is 3.85. The van der Waals surface area contributed by atoms with Gasteiger partial charge in [-0.25, -0.2) is 0 Å². The number of amides is 1. The number of carbonyl (C=O) groups is 1. The summed E-state index contributed by atoms with van der Waals surface area (Å²) in [4.78, 5) is 15.3. The zero-order valence-electron chi connectivity index (χ0n) is 11.2. The van der Waals surface area contributed by atoms with Crippen LogP contribution < -0.4 is 5.73 Å². The molecule has 1 aromatic carbocycles. The minimum absolute atomic E-state index is 0.0471. The Labute approximate surface area is 123 Å². The smallest absolute Gasteiger partial charge is 0.244 e. The molecular weight excluding hydrogens is 268 g/mol. The Morgan fingerprint density at radius 2 is 2.05 bits per heavy atom. The average Bonchev–Trinajstić information content (AvgIpc) is 3.18. The van der Waals surface area contributed by atoms with Crippen molar-refractivity contribution in [3.63, 3.8) is 0 Å². The molecule has 3 nitrogen and oxygen atoms in total. The predicted molar refractivity (Wildman–Crippen MR) is 81.6 cm³/mol. The molecule has 0 spiro atoms. The van der Waals surface area contributed by atoms with Crippen LogP contribution in [0.4, 0.5) is 0 Å². The Balaban J connectivity index is 1.67. The van der Waals surface area contributed by atoms with E-state index < -0.39 is 6.04 Å². The minimum atomic E-state index is -0.510. The number of benzene rings is 1. The van der Waals surface area contributed by atoms with E-state index in [-0.39, 0.29) is 5.91 Å². The lowest BCUT2D eigenvalue weighted by Gasteiger charge is -2.20. The van der Waals surface area contributed by atoms with Crippen molar-refractivity contribution in [1.29, 1.82) is 0 Å². The fourth-order valence-corrected chi connectivity index (χ4v) is 3.46. The molecule has 1 aliphatic rings. The van der Waals surface area contributed by atoms with Gasteiger partial charge in [-0.15, -0.1) is 11.3 Å². The molecule has 2 atom stereocenters. The van der Waals surface area contributed by atoms with E-state index in [4.69, 9.17) is 5.73 Å². The summed E-state index contributed by atoms with van der Waals surface area (Å²) in [6.07, 6.45) is 1.02. The van der Waals surface area contributed by atoms with Crippen molar-refractivity contribution in [3.05, 3.63) is 58.3 Å². The van der Waals surface area contributed by atoms with E-state index in [1.807, 2.05) is 28.5 Å². The number of rotatable bonds is 3. The Morgan fingerprint density at radius 1 is 1.25 bits per heavy atom. The maximum Gasteiger partial charge on any atom is 0.244 e. The fraction of sp³-hybridized carbons (Fsp3) is 0.312. The van der Waals surface area contributed by atoms with Crippen LogP contribution in [-0.2, 0) is 4.79 Å². The van der Waals surface area contributed by atoms with Crippen molar-refractivity contribution in [2.45, 2.75) is 18.4 Å². The molecule has 2 unspecified atom stereocenters. The predicted octanol–water partition coefficient (Wildman–Crippen LogP) is 2.76. The lowest BCUT2D eigenvalue weighted by Crippen LogP contribution is -2.36. The number of carbonyl (C=O) groups excluding carboxylic acids is 1. The maximum atomic E-state index is 12.4.